The average molecular weight is 224 g/mol. The summed E-state index contributed by atoms with van der Waals surface area (Å²) in [7, 11) is -4.59. The molecule has 0 bridgehead atoms. The van der Waals surface area contributed by atoms with Crippen LogP contribution in [0.1, 0.15) is 5.56 Å². The Kier molecular flexibility index (Phi) is 3.15. The van der Waals surface area contributed by atoms with Crippen LogP contribution in [0.25, 0.3) is 0 Å². The summed E-state index contributed by atoms with van der Waals surface area (Å²) in [4.78, 5) is 0. The first-order valence-electron chi connectivity index (χ1n) is 3.74. The van der Waals surface area contributed by atoms with Gasteiger partial charge in [-0.1, -0.05) is 0 Å². The maximum absolute atomic E-state index is 12.6. The third-order valence-corrected chi connectivity index (χ3v) is 2.25. The summed E-state index contributed by atoms with van der Waals surface area (Å²) in [5.41, 5.74) is 0.115. The molecular weight excluding hydrogens is 217 g/mol. The maximum atomic E-state index is 12.6. The molecule has 0 fully saturated rings. The minimum atomic E-state index is -4.59. The normalized spacial score (nSPS) is 11.6. The number of benzene rings is 1. The molecule has 0 atom stereocenters. The van der Waals surface area contributed by atoms with Crippen LogP contribution in [-0.4, -0.2) is 14.2 Å². The molecule has 2 nitrogen and oxygen atoms in total. The van der Waals surface area contributed by atoms with Gasteiger partial charge in [0.05, 0.1) is 5.75 Å². The van der Waals surface area contributed by atoms with Gasteiger partial charge in [-0.3, -0.25) is 0 Å². The van der Waals surface area contributed by atoms with Crippen molar-refractivity contribution in [1.29, 1.82) is 0 Å². The van der Waals surface area contributed by atoms with E-state index in [0.29, 0.717) is 6.07 Å². The fourth-order valence-corrected chi connectivity index (χ4v) is 1.47. The van der Waals surface area contributed by atoms with E-state index in [1.807, 2.05) is 0 Å². The van der Waals surface area contributed by atoms with Crippen molar-refractivity contribution in [1.82, 2.24) is 0 Å². The van der Waals surface area contributed by atoms with Gasteiger partial charge in [0, 0.05) is 6.07 Å². The van der Waals surface area contributed by atoms with Gasteiger partial charge in [-0.15, -0.1) is 3.89 Å². The monoisotopic (exact) mass is 224 g/mol. The molecule has 0 aromatic heterocycles. The van der Waals surface area contributed by atoms with Crippen LogP contribution in [0.2, 0.25) is 0 Å². The highest BCUT2D eigenvalue weighted by Crippen LogP contribution is 2.09. The predicted octanol–water partition coefficient (Wildman–Crippen LogP) is 1.81. The van der Waals surface area contributed by atoms with Gasteiger partial charge >= 0.3 is 10.2 Å². The van der Waals surface area contributed by atoms with Gasteiger partial charge in [0.2, 0.25) is 0 Å². The third kappa shape index (κ3) is 3.78. The first-order valence-corrected chi connectivity index (χ1v) is 5.29. The summed E-state index contributed by atoms with van der Waals surface area (Å²) >= 11 is 0. The highest BCUT2D eigenvalue weighted by molar-refractivity contribution is 7.86. The highest BCUT2D eigenvalue weighted by Gasteiger charge is 2.08. The molecule has 14 heavy (non-hydrogen) atoms. The Bertz CT molecular complexity index is 408. The number of halogens is 3. The maximum Gasteiger partial charge on any atom is 0.302 e. The van der Waals surface area contributed by atoms with Crippen LogP contribution in [0.3, 0.4) is 0 Å². The standard InChI is InChI=1S/C8H7F3O2S/c9-7-3-6(4-8(10)5-7)1-2-14(11,12)13/h3-5H,1-2H2. The lowest BCUT2D eigenvalue weighted by molar-refractivity contribution is 0.550. The molecule has 0 N–H and O–H groups in total. The van der Waals surface area contributed by atoms with Crippen LogP contribution >= 0.6 is 0 Å². The second-order valence-electron chi connectivity index (χ2n) is 2.77. The van der Waals surface area contributed by atoms with Crippen molar-refractivity contribution in [2.24, 2.45) is 0 Å². The van der Waals surface area contributed by atoms with E-state index in [-0.39, 0.29) is 12.0 Å². The Morgan fingerprint density at radius 3 is 2.00 bits per heavy atom. The van der Waals surface area contributed by atoms with Crippen molar-refractivity contribution in [3.63, 3.8) is 0 Å². The van der Waals surface area contributed by atoms with E-state index in [9.17, 15) is 21.1 Å². The molecule has 1 aromatic carbocycles. The zero-order valence-corrected chi connectivity index (χ0v) is 7.82. The van der Waals surface area contributed by atoms with Crippen molar-refractivity contribution in [3.05, 3.63) is 35.4 Å². The van der Waals surface area contributed by atoms with Crippen LogP contribution in [0.4, 0.5) is 12.7 Å². The van der Waals surface area contributed by atoms with Gasteiger partial charge in [-0.2, -0.15) is 8.42 Å². The van der Waals surface area contributed by atoms with Gasteiger partial charge in [-0.25, -0.2) is 8.78 Å². The van der Waals surface area contributed by atoms with Crippen molar-refractivity contribution in [2.45, 2.75) is 6.42 Å². The summed E-state index contributed by atoms with van der Waals surface area (Å²) in [5, 5.41) is 0. The summed E-state index contributed by atoms with van der Waals surface area (Å²) in [5.74, 6) is -2.39. The lowest BCUT2D eigenvalue weighted by Crippen LogP contribution is -2.02. The van der Waals surface area contributed by atoms with E-state index >= 15 is 0 Å². The smallest absolute Gasteiger partial charge is 0.207 e. The number of aryl methyl sites for hydroxylation is 1. The molecule has 6 heteroatoms. The molecule has 0 radical (unpaired) electrons. The van der Waals surface area contributed by atoms with Crippen molar-refractivity contribution in [3.8, 4) is 0 Å². The SMILES string of the molecule is O=S(=O)(F)CCc1cc(F)cc(F)c1. The van der Waals surface area contributed by atoms with Gasteiger partial charge < -0.3 is 0 Å². The Morgan fingerprint density at radius 1 is 1.07 bits per heavy atom. The summed E-state index contributed by atoms with van der Waals surface area (Å²) in [6.45, 7) is 0. The molecule has 0 amide bonds. The molecule has 0 unspecified atom stereocenters. The Labute approximate surface area is 79.6 Å². The van der Waals surface area contributed by atoms with Crippen LogP contribution in [0, 0.1) is 11.6 Å². The lowest BCUT2D eigenvalue weighted by Gasteiger charge is -1.99. The molecule has 0 aliphatic rings. The summed E-state index contributed by atoms with van der Waals surface area (Å²) in [6, 6.07) is 2.59. The minimum absolute atomic E-state index is 0.115. The van der Waals surface area contributed by atoms with E-state index in [0.717, 1.165) is 12.1 Å². The first-order chi connectivity index (χ1) is 6.37. The zero-order valence-electron chi connectivity index (χ0n) is 7.00. The minimum Gasteiger partial charge on any atom is -0.207 e. The fraction of sp³-hybridized carbons (Fsp3) is 0.250. The second kappa shape index (κ2) is 4.00. The second-order valence-corrected chi connectivity index (χ2v) is 4.26. The molecular formula is C8H7F3O2S. The molecule has 0 aliphatic carbocycles. The third-order valence-electron chi connectivity index (χ3n) is 1.56. The van der Waals surface area contributed by atoms with Crippen molar-refractivity contribution >= 4 is 10.2 Å². The molecule has 0 spiro atoms. The fourth-order valence-electron chi connectivity index (χ4n) is 0.995. The lowest BCUT2D eigenvalue weighted by atomic mass is 10.2. The van der Waals surface area contributed by atoms with E-state index in [2.05, 4.69) is 0 Å². The molecule has 78 valence electrons. The van der Waals surface area contributed by atoms with Gasteiger partial charge in [-0.05, 0) is 24.1 Å². The topological polar surface area (TPSA) is 34.1 Å². The van der Waals surface area contributed by atoms with Gasteiger partial charge in [0.25, 0.3) is 0 Å². The average Bonchev–Trinajstić information content (AvgIpc) is 1.97. The van der Waals surface area contributed by atoms with Crippen molar-refractivity contribution < 1.29 is 21.1 Å². The molecule has 0 aliphatic heterocycles. The Morgan fingerprint density at radius 2 is 1.57 bits per heavy atom. The van der Waals surface area contributed by atoms with Crippen molar-refractivity contribution in [2.75, 3.05) is 5.75 Å². The molecule has 0 saturated carbocycles. The molecule has 1 rings (SSSR count). The predicted molar refractivity (Wildman–Crippen MR) is 45.0 cm³/mol. The molecule has 0 saturated heterocycles. The van der Waals surface area contributed by atoms with Crippen LogP contribution in [0.5, 0.6) is 0 Å². The summed E-state index contributed by atoms with van der Waals surface area (Å²) < 4.78 is 57.4. The summed E-state index contributed by atoms with van der Waals surface area (Å²) in [6.07, 6.45) is -0.243. The zero-order chi connectivity index (χ0) is 10.8. The Hall–Kier alpha value is -1.04. The number of hydrogen-bond donors (Lipinski definition) is 0. The van der Waals surface area contributed by atoms with Crippen LogP contribution in [-0.2, 0) is 16.6 Å². The van der Waals surface area contributed by atoms with Crippen LogP contribution in [0.15, 0.2) is 18.2 Å². The Balaban J connectivity index is 2.78. The number of rotatable bonds is 3. The first kappa shape index (κ1) is 11.0. The van der Waals surface area contributed by atoms with E-state index in [1.54, 1.807) is 0 Å². The highest BCUT2D eigenvalue weighted by atomic mass is 32.3. The van der Waals surface area contributed by atoms with E-state index < -0.39 is 27.6 Å². The van der Waals surface area contributed by atoms with Gasteiger partial charge in [0.15, 0.2) is 0 Å². The number of hydrogen-bond acceptors (Lipinski definition) is 2. The van der Waals surface area contributed by atoms with E-state index in [4.69, 9.17) is 0 Å². The molecule has 1 aromatic rings. The van der Waals surface area contributed by atoms with E-state index in [1.165, 1.54) is 0 Å². The molecule has 0 heterocycles. The quantitative estimate of drug-likeness (QED) is 0.734. The largest absolute Gasteiger partial charge is 0.302 e. The van der Waals surface area contributed by atoms with Gasteiger partial charge in [0.1, 0.15) is 11.6 Å². The van der Waals surface area contributed by atoms with Crippen LogP contribution < -0.4 is 0 Å².